The first-order valence-electron chi connectivity index (χ1n) is 13.2. The Bertz CT molecular complexity index is 645. The molecule has 7 unspecified atom stereocenters. The van der Waals surface area contributed by atoms with Crippen LogP contribution >= 0.6 is 0 Å². The van der Waals surface area contributed by atoms with E-state index < -0.39 is 0 Å². The number of Topliss-reactive ketones (excluding diaryl/α,β-unsaturated/α-hetero) is 1. The molecule has 0 aromatic rings. The normalized spacial score (nSPS) is 43.7. The number of ketones is 1. The molecule has 0 aliphatic heterocycles. The molecule has 4 saturated carbocycles. The Morgan fingerprint density at radius 2 is 1.74 bits per heavy atom. The molecule has 0 aromatic heterocycles. The number of aliphatic hydroxyl groups excluding tert-OH is 1. The van der Waals surface area contributed by atoms with E-state index in [4.69, 9.17) is 4.74 Å². The van der Waals surface area contributed by atoms with Gasteiger partial charge in [-0.15, -0.1) is 0 Å². The number of carbonyl (C=O) groups excluding carboxylic acids is 2. The molecule has 0 bridgehead atoms. The molecule has 31 heavy (non-hydrogen) atoms. The van der Waals surface area contributed by atoms with E-state index in [0.29, 0.717) is 48.9 Å². The second-order valence-corrected chi connectivity index (χ2v) is 11.1. The highest BCUT2D eigenvalue weighted by Gasteiger charge is 2.62. The van der Waals surface area contributed by atoms with Gasteiger partial charge in [-0.25, -0.2) is 0 Å². The van der Waals surface area contributed by atoms with Crippen molar-refractivity contribution in [1.29, 1.82) is 0 Å². The van der Waals surface area contributed by atoms with Crippen LogP contribution in [0.25, 0.3) is 0 Å². The molecule has 1 N–H and O–H groups in total. The summed E-state index contributed by atoms with van der Waals surface area (Å²) in [6.45, 7) is 11.2. The van der Waals surface area contributed by atoms with Gasteiger partial charge in [0.1, 0.15) is 5.78 Å². The van der Waals surface area contributed by atoms with Crippen LogP contribution in [0.3, 0.4) is 0 Å². The summed E-state index contributed by atoms with van der Waals surface area (Å²) in [6, 6.07) is 0. The summed E-state index contributed by atoms with van der Waals surface area (Å²) in [5.74, 6) is 2.70. The number of esters is 1. The first kappa shape index (κ1) is 24.7. The molecule has 4 heteroatoms. The fourth-order valence-corrected chi connectivity index (χ4v) is 8.22. The summed E-state index contributed by atoms with van der Waals surface area (Å²) >= 11 is 0. The smallest absolute Gasteiger partial charge is 0.305 e. The van der Waals surface area contributed by atoms with Gasteiger partial charge in [0.05, 0.1) is 12.7 Å². The maximum absolute atomic E-state index is 13.4. The highest BCUT2D eigenvalue weighted by molar-refractivity contribution is 5.83. The van der Waals surface area contributed by atoms with Gasteiger partial charge in [-0.2, -0.15) is 0 Å². The second kappa shape index (κ2) is 9.93. The summed E-state index contributed by atoms with van der Waals surface area (Å²) in [5.41, 5.74) is 0.490. The summed E-state index contributed by atoms with van der Waals surface area (Å²) < 4.78 is 5.09. The Hall–Kier alpha value is -0.900. The minimum absolute atomic E-state index is 0.0724. The van der Waals surface area contributed by atoms with Crippen molar-refractivity contribution in [2.75, 3.05) is 6.61 Å². The molecule has 4 aliphatic carbocycles. The van der Waals surface area contributed by atoms with Gasteiger partial charge in [-0.05, 0) is 99.2 Å². The van der Waals surface area contributed by atoms with Crippen molar-refractivity contribution in [2.24, 2.45) is 40.4 Å². The monoisotopic (exact) mass is 434 g/mol. The Balaban J connectivity index is 0.00000132. The molecular weight excluding hydrogens is 388 g/mol. The minimum Gasteiger partial charge on any atom is -0.466 e. The number of carbonyl (C=O) groups is 2. The van der Waals surface area contributed by atoms with Gasteiger partial charge in [0.25, 0.3) is 0 Å². The molecule has 8 atom stereocenters. The van der Waals surface area contributed by atoms with E-state index in [9.17, 15) is 14.7 Å². The summed E-state index contributed by atoms with van der Waals surface area (Å²) in [5, 5.41) is 10.2. The van der Waals surface area contributed by atoms with Gasteiger partial charge in [0.15, 0.2) is 0 Å². The lowest BCUT2D eigenvalue weighted by Crippen LogP contribution is -2.57. The lowest BCUT2D eigenvalue weighted by Gasteiger charge is -2.60. The minimum atomic E-state index is -0.207. The van der Waals surface area contributed by atoms with E-state index >= 15 is 0 Å². The Labute approximate surface area is 189 Å². The van der Waals surface area contributed by atoms with E-state index in [2.05, 4.69) is 13.8 Å². The number of rotatable bonds is 5. The molecule has 4 aliphatic rings. The average Bonchev–Trinajstić information content (AvgIpc) is 3.07. The van der Waals surface area contributed by atoms with Crippen LogP contribution in [0.5, 0.6) is 0 Å². The lowest BCUT2D eigenvalue weighted by molar-refractivity contribution is -0.160. The zero-order valence-corrected chi connectivity index (χ0v) is 20.6. The van der Waals surface area contributed by atoms with Crippen LogP contribution in [0.4, 0.5) is 0 Å². The van der Waals surface area contributed by atoms with Gasteiger partial charge in [-0.1, -0.05) is 27.7 Å². The number of ether oxygens (including phenoxy) is 1. The van der Waals surface area contributed by atoms with Gasteiger partial charge < -0.3 is 9.84 Å². The molecule has 0 amide bonds. The van der Waals surface area contributed by atoms with E-state index in [-0.39, 0.29) is 28.8 Å². The predicted octanol–water partition coefficient (Wildman–Crippen LogP) is 5.94. The van der Waals surface area contributed by atoms with Crippen LogP contribution < -0.4 is 0 Å². The van der Waals surface area contributed by atoms with Crippen LogP contribution in [-0.2, 0) is 14.3 Å². The Morgan fingerprint density at radius 3 is 2.45 bits per heavy atom. The zero-order valence-electron chi connectivity index (χ0n) is 20.6. The third kappa shape index (κ3) is 4.48. The maximum Gasteiger partial charge on any atom is 0.305 e. The molecule has 0 spiro atoms. The summed E-state index contributed by atoms with van der Waals surface area (Å²) in [7, 11) is 0. The molecule has 4 nitrogen and oxygen atoms in total. The number of fused-ring (bicyclic) bond motifs is 5. The van der Waals surface area contributed by atoms with Crippen LogP contribution in [0, 0.1) is 40.4 Å². The number of aliphatic hydroxyl groups is 1. The van der Waals surface area contributed by atoms with E-state index in [1.807, 2.05) is 20.8 Å². The van der Waals surface area contributed by atoms with Crippen LogP contribution in [0.2, 0.25) is 0 Å². The van der Waals surface area contributed by atoms with Gasteiger partial charge >= 0.3 is 5.97 Å². The molecule has 4 rings (SSSR count). The van der Waals surface area contributed by atoms with Gasteiger partial charge in [0.2, 0.25) is 0 Å². The topological polar surface area (TPSA) is 63.6 Å². The molecule has 178 valence electrons. The molecule has 0 heterocycles. The van der Waals surface area contributed by atoms with Crippen LogP contribution in [0.1, 0.15) is 105 Å². The maximum atomic E-state index is 13.4. The van der Waals surface area contributed by atoms with Crippen molar-refractivity contribution in [3.63, 3.8) is 0 Å². The van der Waals surface area contributed by atoms with Crippen molar-refractivity contribution in [2.45, 2.75) is 111 Å². The molecule has 0 aromatic carbocycles. The van der Waals surface area contributed by atoms with Gasteiger partial charge in [-0.3, -0.25) is 9.59 Å². The first-order chi connectivity index (χ1) is 14.8. The SMILES string of the molecule is CC.CCOC(=O)CCCC1CCC2C3C(=O)CC4C[C@H](O)CCC4(C)C3CCC12C. The third-order valence-electron chi connectivity index (χ3n) is 9.88. The second-order valence-electron chi connectivity index (χ2n) is 11.1. The number of hydrogen-bond donors (Lipinski definition) is 1. The third-order valence-corrected chi connectivity index (χ3v) is 9.88. The molecule has 4 fully saturated rings. The number of hydrogen-bond acceptors (Lipinski definition) is 4. The zero-order chi connectivity index (χ0) is 22.8. The fraction of sp³-hybridized carbons (Fsp3) is 0.926. The highest BCUT2D eigenvalue weighted by Crippen LogP contribution is 2.67. The largest absolute Gasteiger partial charge is 0.466 e. The summed E-state index contributed by atoms with van der Waals surface area (Å²) in [4.78, 5) is 25.1. The molecule has 0 radical (unpaired) electrons. The van der Waals surface area contributed by atoms with Gasteiger partial charge in [0, 0.05) is 18.8 Å². The van der Waals surface area contributed by atoms with Crippen molar-refractivity contribution < 1.29 is 19.4 Å². The quantitative estimate of drug-likeness (QED) is 0.544. The molecule has 0 saturated heterocycles. The van der Waals surface area contributed by atoms with Crippen molar-refractivity contribution >= 4 is 11.8 Å². The van der Waals surface area contributed by atoms with Crippen molar-refractivity contribution in [1.82, 2.24) is 0 Å². The average molecular weight is 435 g/mol. The van der Waals surface area contributed by atoms with E-state index in [1.165, 1.54) is 25.7 Å². The first-order valence-corrected chi connectivity index (χ1v) is 13.2. The summed E-state index contributed by atoms with van der Waals surface area (Å²) in [6.07, 6.45) is 10.6. The van der Waals surface area contributed by atoms with Crippen molar-refractivity contribution in [3.8, 4) is 0 Å². The predicted molar refractivity (Wildman–Crippen MR) is 123 cm³/mol. The highest BCUT2D eigenvalue weighted by atomic mass is 16.5. The molecular formula is C27H46O4. The fourth-order valence-electron chi connectivity index (χ4n) is 8.22. The van der Waals surface area contributed by atoms with Crippen molar-refractivity contribution in [3.05, 3.63) is 0 Å². The standard InChI is InChI=1S/C25H40O4.C2H6/c1-4-29-22(28)7-5-6-16-8-9-19-23-20(11-13-24(16,19)2)25(3)12-10-18(26)14-17(25)15-21(23)27;1-2/h16-20,23,26H,4-15H2,1-3H3;1-2H3/t16?,17?,18-,19?,20?,23?,24?,25?;/m1./s1. The van der Waals surface area contributed by atoms with E-state index in [0.717, 1.165) is 32.1 Å². The Morgan fingerprint density at radius 1 is 1.06 bits per heavy atom. The van der Waals surface area contributed by atoms with Crippen LogP contribution in [0.15, 0.2) is 0 Å². The van der Waals surface area contributed by atoms with E-state index in [1.54, 1.807) is 0 Å². The van der Waals surface area contributed by atoms with Crippen LogP contribution in [-0.4, -0.2) is 29.6 Å². The lowest BCUT2D eigenvalue weighted by atomic mass is 9.44. The Kier molecular flexibility index (Phi) is 7.92.